The molecule has 6 nitrogen and oxygen atoms in total. The van der Waals surface area contributed by atoms with Gasteiger partial charge in [-0.15, -0.1) is 11.3 Å². The lowest BCUT2D eigenvalue weighted by atomic mass is 10.1. The maximum absolute atomic E-state index is 12.5. The Kier molecular flexibility index (Phi) is 5.52. The topological polar surface area (TPSA) is 70.2 Å². The first-order valence-corrected chi connectivity index (χ1v) is 9.14. The van der Waals surface area contributed by atoms with Crippen LogP contribution in [-0.4, -0.2) is 42.9 Å². The fraction of sp³-hybridized carbons (Fsp3) is 0.529. The number of nitrogens with one attached hydrogen (secondary N) is 2. The Morgan fingerprint density at radius 3 is 3.12 bits per heavy atom. The van der Waals surface area contributed by atoms with E-state index in [0.717, 1.165) is 35.6 Å². The molecule has 24 heavy (non-hydrogen) atoms. The van der Waals surface area contributed by atoms with Crippen LogP contribution in [0.3, 0.4) is 0 Å². The molecule has 7 heteroatoms. The van der Waals surface area contributed by atoms with Gasteiger partial charge in [-0.3, -0.25) is 9.89 Å². The number of ether oxygens (including phenoxy) is 1. The number of thiophene rings is 1. The summed E-state index contributed by atoms with van der Waals surface area (Å²) in [5.74, 6) is -0.0136. The molecule has 1 aliphatic rings. The molecule has 0 aromatic carbocycles. The molecule has 0 fully saturated rings. The Morgan fingerprint density at radius 2 is 2.38 bits per heavy atom. The zero-order valence-electron chi connectivity index (χ0n) is 14.2. The summed E-state index contributed by atoms with van der Waals surface area (Å²) >= 11 is 1.59. The SMILES string of the molecule is COCCN1CCCCc2cc(C(=O)NCc3cn[nH]c3C)sc21. The van der Waals surface area contributed by atoms with E-state index < -0.39 is 0 Å². The third-order valence-corrected chi connectivity index (χ3v) is 5.60. The highest BCUT2D eigenvalue weighted by molar-refractivity contribution is 7.18. The van der Waals surface area contributed by atoms with Crippen molar-refractivity contribution in [3.63, 3.8) is 0 Å². The van der Waals surface area contributed by atoms with Gasteiger partial charge in [0, 0.05) is 38.0 Å². The summed E-state index contributed by atoms with van der Waals surface area (Å²) in [4.78, 5) is 15.6. The number of methoxy groups -OCH3 is 1. The van der Waals surface area contributed by atoms with Gasteiger partial charge in [0.25, 0.3) is 5.91 Å². The monoisotopic (exact) mass is 348 g/mol. The third-order valence-electron chi connectivity index (χ3n) is 4.36. The van der Waals surface area contributed by atoms with Crippen LogP contribution >= 0.6 is 11.3 Å². The second-order valence-electron chi connectivity index (χ2n) is 6.08. The van der Waals surface area contributed by atoms with E-state index in [1.807, 2.05) is 6.92 Å². The zero-order valence-corrected chi connectivity index (χ0v) is 15.0. The van der Waals surface area contributed by atoms with E-state index in [4.69, 9.17) is 4.74 Å². The molecule has 0 saturated heterocycles. The van der Waals surface area contributed by atoms with Gasteiger partial charge in [0.05, 0.1) is 22.7 Å². The van der Waals surface area contributed by atoms with Crippen LogP contribution in [-0.2, 0) is 17.7 Å². The van der Waals surface area contributed by atoms with E-state index in [0.29, 0.717) is 13.2 Å². The number of carbonyl (C=O) groups excluding carboxylic acids is 1. The smallest absolute Gasteiger partial charge is 0.261 e. The number of aryl methyl sites for hydroxylation is 2. The average Bonchev–Trinajstić information content (AvgIpc) is 3.14. The molecule has 0 radical (unpaired) electrons. The fourth-order valence-corrected chi connectivity index (χ4v) is 4.11. The predicted octanol–water partition coefficient (Wildman–Crippen LogP) is 2.50. The van der Waals surface area contributed by atoms with Gasteiger partial charge < -0.3 is 15.0 Å². The standard InChI is InChI=1S/C17H24N4O2S/c1-12-14(11-19-20-12)10-18-16(22)15-9-13-5-3-4-6-21(7-8-23-2)17(13)24-15/h9,11H,3-8,10H2,1-2H3,(H,18,22)(H,19,20). The molecule has 0 atom stereocenters. The summed E-state index contributed by atoms with van der Waals surface area (Å²) in [6.45, 7) is 5.07. The van der Waals surface area contributed by atoms with Crippen molar-refractivity contribution in [3.05, 3.63) is 34.0 Å². The van der Waals surface area contributed by atoms with Crippen LogP contribution in [0.2, 0.25) is 0 Å². The van der Waals surface area contributed by atoms with Crippen molar-refractivity contribution in [2.45, 2.75) is 32.7 Å². The normalized spacial score (nSPS) is 14.3. The van der Waals surface area contributed by atoms with Crippen molar-refractivity contribution >= 4 is 22.2 Å². The number of carbonyl (C=O) groups is 1. The summed E-state index contributed by atoms with van der Waals surface area (Å²) in [5.41, 5.74) is 3.30. The lowest BCUT2D eigenvalue weighted by Crippen LogP contribution is -2.27. The number of amides is 1. The Hall–Kier alpha value is -1.86. The summed E-state index contributed by atoms with van der Waals surface area (Å²) in [5, 5.41) is 11.1. The first-order chi connectivity index (χ1) is 11.7. The highest BCUT2D eigenvalue weighted by Crippen LogP contribution is 2.35. The van der Waals surface area contributed by atoms with Gasteiger partial charge in [0.15, 0.2) is 0 Å². The molecule has 0 spiro atoms. The second kappa shape index (κ2) is 7.81. The number of aromatic amines is 1. The number of H-pyrrole nitrogens is 1. The number of rotatable bonds is 6. The second-order valence-corrected chi connectivity index (χ2v) is 7.11. The molecule has 2 aromatic heterocycles. The molecule has 1 amide bonds. The lowest BCUT2D eigenvalue weighted by molar-refractivity contribution is 0.0955. The molecule has 2 N–H and O–H groups in total. The molecule has 1 aliphatic heterocycles. The fourth-order valence-electron chi connectivity index (χ4n) is 2.93. The Morgan fingerprint density at radius 1 is 1.50 bits per heavy atom. The van der Waals surface area contributed by atoms with Crippen molar-refractivity contribution in [1.29, 1.82) is 0 Å². The van der Waals surface area contributed by atoms with Gasteiger partial charge in [-0.25, -0.2) is 0 Å². The molecular formula is C17H24N4O2S. The molecule has 0 bridgehead atoms. The van der Waals surface area contributed by atoms with E-state index >= 15 is 0 Å². The first-order valence-electron chi connectivity index (χ1n) is 8.32. The molecule has 2 aromatic rings. The van der Waals surface area contributed by atoms with Gasteiger partial charge in [-0.2, -0.15) is 5.10 Å². The Labute approximate surface area is 146 Å². The van der Waals surface area contributed by atoms with Gasteiger partial charge in [0.1, 0.15) is 0 Å². The van der Waals surface area contributed by atoms with Gasteiger partial charge in [-0.05, 0) is 37.8 Å². The van der Waals surface area contributed by atoms with Gasteiger partial charge in [0.2, 0.25) is 0 Å². The minimum atomic E-state index is -0.0136. The van der Waals surface area contributed by atoms with Crippen molar-refractivity contribution in [2.24, 2.45) is 0 Å². The Bertz CT molecular complexity index is 695. The number of fused-ring (bicyclic) bond motifs is 1. The minimum Gasteiger partial charge on any atom is -0.383 e. The Balaban J connectivity index is 1.70. The quantitative estimate of drug-likeness (QED) is 0.841. The minimum absolute atomic E-state index is 0.0136. The van der Waals surface area contributed by atoms with Crippen LogP contribution in [0.25, 0.3) is 0 Å². The van der Waals surface area contributed by atoms with Crippen molar-refractivity contribution in [2.75, 3.05) is 31.7 Å². The number of nitrogens with zero attached hydrogens (tertiary/aromatic N) is 2. The lowest BCUT2D eigenvalue weighted by Gasteiger charge is -2.21. The molecule has 0 aliphatic carbocycles. The van der Waals surface area contributed by atoms with E-state index in [9.17, 15) is 4.79 Å². The van der Waals surface area contributed by atoms with Crippen LogP contribution in [0.15, 0.2) is 12.3 Å². The largest absolute Gasteiger partial charge is 0.383 e. The van der Waals surface area contributed by atoms with Gasteiger partial charge in [-0.1, -0.05) is 0 Å². The van der Waals surface area contributed by atoms with Crippen LogP contribution in [0.4, 0.5) is 5.00 Å². The summed E-state index contributed by atoms with van der Waals surface area (Å²) in [7, 11) is 1.73. The zero-order chi connectivity index (χ0) is 16.9. The maximum Gasteiger partial charge on any atom is 0.261 e. The van der Waals surface area contributed by atoms with Crippen LogP contribution in [0, 0.1) is 6.92 Å². The predicted molar refractivity (Wildman–Crippen MR) is 95.8 cm³/mol. The number of aromatic nitrogens is 2. The summed E-state index contributed by atoms with van der Waals surface area (Å²) in [6, 6.07) is 2.06. The number of hydrogen-bond acceptors (Lipinski definition) is 5. The highest BCUT2D eigenvalue weighted by atomic mass is 32.1. The number of anilines is 1. The van der Waals surface area contributed by atoms with Gasteiger partial charge >= 0.3 is 0 Å². The summed E-state index contributed by atoms with van der Waals surface area (Å²) in [6.07, 6.45) is 5.16. The summed E-state index contributed by atoms with van der Waals surface area (Å²) < 4.78 is 5.22. The first kappa shape index (κ1) is 17.0. The molecule has 0 saturated carbocycles. The highest BCUT2D eigenvalue weighted by Gasteiger charge is 2.21. The van der Waals surface area contributed by atoms with E-state index in [1.54, 1.807) is 24.6 Å². The van der Waals surface area contributed by atoms with E-state index in [-0.39, 0.29) is 5.91 Å². The average molecular weight is 348 g/mol. The van der Waals surface area contributed by atoms with E-state index in [1.165, 1.54) is 23.4 Å². The molecule has 3 heterocycles. The van der Waals surface area contributed by atoms with Crippen molar-refractivity contribution in [1.82, 2.24) is 15.5 Å². The van der Waals surface area contributed by atoms with Crippen LogP contribution < -0.4 is 10.2 Å². The van der Waals surface area contributed by atoms with Crippen LogP contribution in [0.5, 0.6) is 0 Å². The van der Waals surface area contributed by atoms with Crippen LogP contribution in [0.1, 0.15) is 39.3 Å². The van der Waals surface area contributed by atoms with Crippen molar-refractivity contribution < 1.29 is 9.53 Å². The molecule has 0 unspecified atom stereocenters. The van der Waals surface area contributed by atoms with Crippen molar-refractivity contribution in [3.8, 4) is 0 Å². The maximum atomic E-state index is 12.5. The number of hydrogen-bond donors (Lipinski definition) is 2. The van der Waals surface area contributed by atoms with E-state index in [2.05, 4.69) is 26.5 Å². The molecule has 130 valence electrons. The molecular weight excluding hydrogens is 324 g/mol. The molecule has 3 rings (SSSR count). The third kappa shape index (κ3) is 3.79.